The molecule has 14 heavy (non-hydrogen) atoms. The molecule has 0 unspecified atom stereocenters. The zero-order valence-corrected chi connectivity index (χ0v) is 7.90. The van der Waals surface area contributed by atoms with Gasteiger partial charge in [-0.15, -0.1) is 4.91 Å². The van der Waals surface area contributed by atoms with Crippen molar-refractivity contribution in [3.8, 4) is 0 Å². The van der Waals surface area contributed by atoms with E-state index >= 15 is 0 Å². The fraction of sp³-hybridized carbons (Fsp3) is 0.300. The summed E-state index contributed by atoms with van der Waals surface area (Å²) in [7, 11) is 0. The molecule has 0 aliphatic heterocycles. The van der Waals surface area contributed by atoms with Gasteiger partial charge in [0.15, 0.2) is 0 Å². The fourth-order valence-electron chi connectivity index (χ4n) is 1.04. The molecule has 0 aromatic heterocycles. The Bertz CT molecular complexity index is 319. The number of rotatable bonds is 4. The predicted molar refractivity (Wildman–Crippen MR) is 52.2 cm³/mol. The van der Waals surface area contributed by atoms with Crippen LogP contribution in [-0.4, -0.2) is 12.6 Å². The first-order valence-corrected chi connectivity index (χ1v) is 4.28. The van der Waals surface area contributed by atoms with Gasteiger partial charge >= 0.3 is 5.97 Å². The third kappa shape index (κ3) is 3.35. The van der Waals surface area contributed by atoms with E-state index in [1.807, 2.05) is 0 Å². The summed E-state index contributed by atoms with van der Waals surface area (Å²) in [6.07, 6.45) is 0.652. The lowest BCUT2D eigenvalue weighted by molar-refractivity contribution is -0.140. The number of ether oxygens (including phenoxy) is 1. The third-order valence-corrected chi connectivity index (χ3v) is 1.74. The van der Waals surface area contributed by atoms with Crippen LogP contribution in [0.4, 0.5) is 5.69 Å². The van der Waals surface area contributed by atoms with Gasteiger partial charge in [-0.2, -0.15) is 0 Å². The third-order valence-electron chi connectivity index (χ3n) is 1.74. The van der Waals surface area contributed by atoms with E-state index in [4.69, 9.17) is 4.74 Å². The van der Waals surface area contributed by atoms with E-state index < -0.39 is 0 Å². The Morgan fingerprint density at radius 3 is 2.50 bits per heavy atom. The molecule has 4 heteroatoms. The highest BCUT2D eigenvalue weighted by Crippen LogP contribution is 2.12. The molecule has 0 amide bonds. The predicted octanol–water partition coefficient (Wildman–Crippen LogP) is 2.19. The van der Waals surface area contributed by atoms with Gasteiger partial charge < -0.3 is 4.74 Å². The van der Waals surface area contributed by atoms with Crippen molar-refractivity contribution >= 4 is 11.7 Å². The number of carbonyl (C=O) groups is 1. The molecule has 0 saturated heterocycles. The van der Waals surface area contributed by atoms with Crippen molar-refractivity contribution in [1.29, 1.82) is 0 Å². The summed E-state index contributed by atoms with van der Waals surface area (Å²) in [5, 5.41) is 2.78. The van der Waals surface area contributed by atoms with E-state index in [0.29, 0.717) is 18.7 Å². The SMILES string of the molecule is CC(=O)OCCc1ccc(N=O)cc1. The van der Waals surface area contributed by atoms with Gasteiger partial charge in [0.05, 0.1) is 6.61 Å². The lowest BCUT2D eigenvalue weighted by atomic mass is 10.1. The maximum Gasteiger partial charge on any atom is 0.302 e. The van der Waals surface area contributed by atoms with Gasteiger partial charge in [-0.25, -0.2) is 0 Å². The van der Waals surface area contributed by atoms with Crippen LogP contribution in [0.1, 0.15) is 12.5 Å². The van der Waals surface area contributed by atoms with Gasteiger partial charge in [-0.05, 0) is 22.9 Å². The van der Waals surface area contributed by atoms with E-state index in [-0.39, 0.29) is 5.97 Å². The highest BCUT2D eigenvalue weighted by Gasteiger charge is 1.96. The Balaban J connectivity index is 2.43. The number of hydrogen-bond acceptors (Lipinski definition) is 4. The number of esters is 1. The molecule has 0 heterocycles. The Morgan fingerprint density at radius 1 is 1.36 bits per heavy atom. The van der Waals surface area contributed by atoms with Crippen molar-refractivity contribution in [1.82, 2.24) is 0 Å². The second-order valence-corrected chi connectivity index (χ2v) is 2.85. The second kappa shape index (κ2) is 5.11. The molecule has 0 aliphatic rings. The topological polar surface area (TPSA) is 55.7 Å². The monoisotopic (exact) mass is 193 g/mol. The summed E-state index contributed by atoms with van der Waals surface area (Å²) >= 11 is 0. The molecule has 0 radical (unpaired) electrons. The zero-order chi connectivity index (χ0) is 10.4. The lowest BCUT2D eigenvalue weighted by Crippen LogP contribution is -2.02. The maximum atomic E-state index is 10.5. The smallest absolute Gasteiger partial charge is 0.302 e. The van der Waals surface area contributed by atoms with Crippen molar-refractivity contribution in [3.05, 3.63) is 34.7 Å². The highest BCUT2D eigenvalue weighted by molar-refractivity contribution is 5.65. The molecule has 1 aromatic rings. The van der Waals surface area contributed by atoms with Crippen molar-refractivity contribution in [2.75, 3.05) is 6.61 Å². The summed E-state index contributed by atoms with van der Waals surface area (Å²) in [5.74, 6) is -0.281. The second-order valence-electron chi connectivity index (χ2n) is 2.85. The Labute approximate surface area is 81.9 Å². The van der Waals surface area contributed by atoms with E-state index in [1.54, 1.807) is 24.3 Å². The molecule has 0 aliphatic carbocycles. The molecule has 0 atom stereocenters. The van der Waals surface area contributed by atoms with Crippen molar-refractivity contribution < 1.29 is 9.53 Å². The van der Waals surface area contributed by atoms with E-state index in [2.05, 4.69) is 5.18 Å². The van der Waals surface area contributed by atoms with Gasteiger partial charge in [0.25, 0.3) is 0 Å². The average Bonchev–Trinajstić information content (AvgIpc) is 2.18. The first-order valence-electron chi connectivity index (χ1n) is 4.28. The van der Waals surface area contributed by atoms with Crippen LogP contribution in [0.25, 0.3) is 0 Å². The number of nitrogens with zero attached hydrogens (tertiary/aromatic N) is 1. The summed E-state index contributed by atoms with van der Waals surface area (Å²) < 4.78 is 4.78. The molecule has 0 bridgehead atoms. The van der Waals surface area contributed by atoms with E-state index in [1.165, 1.54) is 6.92 Å². The molecule has 1 rings (SSSR count). The lowest BCUT2D eigenvalue weighted by Gasteiger charge is -2.01. The van der Waals surface area contributed by atoms with Gasteiger partial charge in [0.2, 0.25) is 0 Å². The molecule has 1 aromatic carbocycles. The minimum absolute atomic E-state index is 0.281. The fourth-order valence-corrected chi connectivity index (χ4v) is 1.04. The largest absolute Gasteiger partial charge is 0.466 e. The standard InChI is InChI=1S/C10H11NO3/c1-8(12)14-7-6-9-2-4-10(11-13)5-3-9/h2-5H,6-7H2,1H3. The van der Waals surface area contributed by atoms with Crippen LogP contribution in [0.15, 0.2) is 29.4 Å². The van der Waals surface area contributed by atoms with Crippen LogP contribution in [0.2, 0.25) is 0 Å². The Morgan fingerprint density at radius 2 is 2.00 bits per heavy atom. The van der Waals surface area contributed by atoms with Gasteiger partial charge in [-0.3, -0.25) is 4.79 Å². The van der Waals surface area contributed by atoms with Crippen LogP contribution in [0, 0.1) is 4.91 Å². The van der Waals surface area contributed by atoms with Crippen molar-refractivity contribution in [3.63, 3.8) is 0 Å². The number of carbonyl (C=O) groups excluding carboxylic acids is 1. The van der Waals surface area contributed by atoms with Gasteiger partial charge in [0.1, 0.15) is 5.69 Å². The van der Waals surface area contributed by atoms with Crippen LogP contribution >= 0.6 is 0 Å². The minimum Gasteiger partial charge on any atom is -0.466 e. The molecular weight excluding hydrogens is 182 g/mol. The minimum atomic E-state index is -0.281. The highest BCUT2D eigenvalue weighted by atomic mass is 16.5. The van der Waals surface area contributed by atoms with Crippen LogP contribution in [0.3, 0.4) is 0 Å². The summed E-state index contributed by atoms with van der Waals surface area (Å²) in [6, 6.07) is 6.85. The quantitative estimate of drug-likeness (QED) is 0.544. The molecule has 0 saturated carbocycles. The zero-order valence-electron chi connectivity index (χ0n) is 7.90. The van der Waals surface area contributed by atoms with Crippen molar-refractivity contribution in [2.24, 2.45) is 5.18 Å². The summed E-state index contributed by atoms with van der Waals surface area (Å²) in [4.78, 5) is 20.6. The van der Waals surface area contributed by atoms with Crippen LogP contribution in [0.5, 0.6) is 0 Å². The number of hydrogen-bond donors (Lipinski definition) is 0. The van der Waals surface area contributed by atoms with Crippen LogP contribution < -0.4 is 0 Å². The molecule has 74 valence electrons. The normalized spacial score (nSPS) is 9.50. The average molecular weight is 193 g/mol. The van der Waals surface area contributed by atoms with Crippen molar-refractivity contribution in [2.45, 2.75) is 13.3 Å². The van der Waals surface area contributed by atoms with Gasteiger partial charge in [-0.1, -0.05) is 12.1 Å². The molecule has 0 fully saturated rings. The molecular formula is C10H11NO3. The first kappa shape index (κ1) is 10.4. The van der Waals surface area contributed by atoms with E-state index in [0.717, 1.165) is 5.56 Å². The number of nitroso groups, excluding NO2 is 1. The van der Waals surface area contributed by atoms with Gasteiger partial charge in [0, 0.05) is 13.3 Å². The molecule has 0 N–H and O–H groups in total. The van der Waals surface area contributed by atoms with E-state index in [9.17, 15) is 9.70 Å². The first-order chi connectivity index (χ1) is 6.72. The summed E-state index contributed by atoms with van der Waals surface area (Å²) in [6.45, 7) is 1.74. The number of benzene rings is 1. The Kier molecular flexibility index (Phi) is 3.79. The molecule has 4 nitrogen and oxygen atoms in total. The maximum absolute atomic E-state index is 10.5. The van der Waals surface area contributed by atoms with Crippen LogP contribution in [-0.2, 0) is 16.0 Å². The Hall–Kier alpha value is -1.71. The molecule has 0 spiro atoms. The summed E-state index contributed by atoms with van der Waals surface area (Å²) in [5.41, 5.74) is 1.42.